The molecule has 2 aromatic carbocycles. The van der Waals surface area contributed by atoms with E-state index in [1.54, 1.807) is 0 Å². The van der Waals surface area contributed by atoms with E-state index in [0.29, 0.717) is 5.92 Å². The summed E-state index contributed by atoms with van der Waals surface area (Å²) in [7, 11) is 0. The minimum Gasteiger partial charge on any atom is -0.272 e. The lowest BCUT2D eigenvalue weighted by molar-refractivity contribution is 0.0870. The maximum Gasteiger partial charge on any atom is 0.252 e. The second kappa shape index (κ2) is 4.27. The molecule has 0 aliphatic heterocycles. The minimum absolute atomic E-state index is 0.0301. The minimum atomic E-state index is 0.0301. The highest BCUT2D eigenvalue weighted by Gasteiger charge is 2.45. The monoisotopic (exact) mass is 263 g/mol. The van der Waals surface area contributed by atoms with Crippen LogP contribution in [0.15, 0.2) is 54.6 Å². The van der Waals surface area contributed by atoms with Gasteiger partial charge in [0.05, 0.1) is 5.52 Å². The van der Waals surface area contributed by atoms with Gasteiger partial charge in [0.15, 0.2) is 0 Å². The number of carbonyl (C=O) groups is 1. The zero-order valence-electron chi connectivity index (χ0n) is 10.8. The van der Waals surface area contributed by atoms with Gasteiger partial charge in [-0.3, -0.25) is 4.79 Å². The van der Waals surface area contributed by atoms with Crippen LogP contribution in [0.2, 0.25) is 0 Å². The number of hydrogen-bond acceptors (Lipinski definition) is 3. The normalized spacial score (nSPS) is 21.0. The lowest BCUT2D eigenvalue weighted by Gasteiger charge is -2.01. The van der Waals surface area contributed by atoms with Crippen molar-refractivity contribution < 1.29 is 4.79 Å². The molecule has 4 nitrogen and oxygen atoms in total. The molecule has 2 atom stereocenters. The van der Waals surface area contributed by atoms with Gasteiger partial charge in [0.25, 0.3) is 5.91 Å². The average Bonchev–Trinajstić information content (AvgIpc) is 3.20. The molecule has 1 fully saturated rings. The number of hydrogen-bond donors (Lipinski definition) is 0. The van der Waals surface area contributed by atoms with Crippen LogP contribution in [-0.4, -0.2) is 20.9 Å². The molecule has 1 heterocycles. The van der Waals surface area contributed by atoms with Crippen molar-refractivity contribution in [2.75, 3.05) is 0 Å². The topological polar surface area (TPSA) is 47.8 Å². The molecule has 3 aromatic rings. The highest BCUT2D eigenvalue weighted by molar-refractivity contribution is 5.92. The lowest BCUT2D eigenvalue weighted by atomic mass is 10.1. The van der Waals surface area contributed by atoms with Crippen LogP contribution in [0, 0.1) is 5.92 Å². The predicted octanol–water partition coefficient (Wildman–Crippen LogP) is 2.88. The van der Waals surface area contributed by atoms with Crippen molar-refractivity contribution in [3.05, 3.63) is 60.2 Å². The second-order valence-electron chi connectivity index (χ2n) is 5.19. The number of carbonyl (C=O) groups excluding carboxylic acids is 1. The molecule has 98 valence electrons. The van der Waals surface area contributed by atoms with Crippen molar-refractivity contribution in [3.63, 3.8) is 0 Å². The molecule has 4 rings (SSSR count). The SMILES string of the molecule is O=C(C1CC1c1ccccc1)n1nnc2ccccc21. The Morgan fingerprint density at radius 1 is 1.05 bits per heavy atom. The Hall–Kier alpha value is -2.49. The molecule has 20 heavy (non-hydrogen) atoms. The van der Waals surface area contributed by atoms with Crippen molar-refractivity contribution in [2.24, 2.45) is 5.92 Å². The van der Waals surface area contributed by atoms with Crippen LogP contribution in [0.25, 0.3) is 11.0 Å². The van der Waals surface area contributed by atoms with Crippen molar-refractivity contribution >= 4 is 16.9 Å². The smallest absolute Gasteiger partial charge is 0.252 e. The van der Waals surface area contributed by atoms with Crippen molar-refractivity contribution in [1.82, 2.24) is 15.0 Å². The van der Waals surface area contributed by atoms with Crippen molar-refractivity contribution in [3.8, 4) is 0 Å². The predicted molar refractivity (Wildman–Crippen MR) is 75.4 cm³/mol. The Labute approximate surface area is 116 Å². The Morgan fingerprint density at radius 2 is 1.80 bits per heavy atom. The summed E-state index contributed by atoms with van der Waals surface area (Å²) >= 11 is 0. The Morgan fingerprint density at radius 3 is 2.65 bits per heavy atom. The molecule has 0 N–H and O–H groups in total. The van der Waals surface area contributed by atoms with E-state index in [4.69, 9.17) is 0 Å². The van der Waals surface area contributed by atoms with Gasteiger partial charge in [-0.15, -0.1) is 5.10 Å². The van der Waals surface area contributed by atoms with E-state index in [9.17, 15) is 4.79 Å². The average molecular weight is 263 g/mol. The van der Waals surface area contributed by atoms with E-state index in [2.05, 4.69) is 22.4 Å². The highest BCUT2D eigenvalue weighted by Crippen LogP contribution is 2.48. The Kier molecular flexibility index (Phi) is 2.42. The second-order valence-corrected chi connectivity index (χ2v) is 5.19. The van der Waals surface area contributed by atoms with E-state index in [0.717, 1.165) is 17.5 Å². The van der Waals surface area contributed by atoms with E-state index >= 15 is 0 Å². The van der Waals surface area contributed by atoms with Gasteiger partial charge >= 0.3 is 0 Å². The number of rotatable bonds is 2. The summed E-state index contributed by atoms with van der Waals surface area (Å²) in [6.07, 6.45) is 0.900. The van der Waals surface area contributed by atoms with E-state index in [-0.39, 0.29) is 11.8 Å². The van der Waals surface area contributed by atoms with Crippen LogP contribution in [0.4, 0.5) is 0 Å². The summed E-state index contributed by atoms with van der Waals surface area (Å²) in [5, 5.41) is 8.04. The first-order chi connectivity index (χ1) is 9.84. The van der Waals surface area contributed by atoms with Gasteiger partial charge in [-0.25, -0.2) is 0 Å². The van der Waals surface area contributed by atoms with Gasteiger partial charge in [-0.1, -0.05) is 47.7 Å². The summed E-state index contributed by atoms with van der Waals surface area (Å²) in [5.74, 6) is 0.404. The molecule has 1 aliphatic rings. The molecule has 4 heteroatoms. The summed E-state index contributed by atoms with van der Waals surface area (Å²) < 4.78 is 1.45. The van der Waals surface area contributed by atoms with E-state index in [1.165, 1.54) is 10.2 Å². The number of para-hydroxylation sites is 1. The third kappa shape index (κ3) is 1.72. The highest BCUT2D eigenvalue weighted by atomic mass is 16.2. The fourth-order valence-electron chi connectivity index (χ4n) is 2.73. The molecule has 0 saturated heterocycles. The summed E-state index contributed by atoms with van der Waals surface area (Å²) in [6, 6.07) is 17.7. The zero-order valence-corrected chi connectivity index (χ0v) is 10.8. The fraction of sp³-hybridized carbons (Fsp3) is 0.188. The number of aromatic nitrogens is 3. The molecule has 1 aromatic heterocycles. The largest absolute Gasteiger partial charge is 0.272 e. The third-order valence-electron chi connectivity index (χ3n) is 3.90. The Balaban J connectivity index is 1.63. The third-order valence-corrected chi connectivity index (χ3v) is 3.90. The standard InChI is InChI=1S/C16H13N3O/c20-16(13-10-12(13)11-6-2-1-3-7-11)19-15-9-5-4-8-14(15)17-18-19/h1-9,12-13H,10H2. The maximum atomic E-state index is 12.5. The maximum absolute atomic E-state index is 12.5. The fourth-order valence-corrected chi connectivity index (χ4v) is 2.73. The molecule has 0 spiro atoms. The summed E-state index contributed by atoms with van der Waals surface area (Å²) in [6.45, 7) is 0. The molecule has 1 saturated carbocycles. The van der Waals surface area contributed by atoms with Crippen LogP contribution >= 0.6 is 0 Å². The van der Waals surface area contributed by atoms with Gasteiger partial charge < -0.3 is 0 Å². The van der Waals surface area contributed by atoms with Crippen LogP contribution in [0.1, 0.15) is 22.7 Å². The molecule has 0 radical (unpaired) electrons. The Bertz CT molecular complexity index is 779. The molecular weight excluding hydrogens is 250 g/mol. The number of fused-ring (bicyclic) bond motifs is 1. The molecule has 1 aliphatic carbocycles. The van der Waals surface area contributed by atoms with Crippen LogP contribution in [0.5, 0.6) is 0 Å². The first kappa shape index (κ1) is 11.3. The van der Waals surface area contributed by atoms with Crippen LogP contribution in [-0.2, 0) is 0 Å². The first-order valence-electron chi connectivity index (χ1n) is 6.74. The van der Waals surface area contributed by atoms with Gasteiger partial charge in [-0.2, -0.15) is 4.68 Å². The molecular formula is C16H13N3O. The van der Waals surface area contributed by atoms with Crippen molar-refractivity contribution in [1.29, 1.82) is 0 Å². The molecule has 0 bridgehead atoms. The first-order valence-corrected chi connectivity index (χ1v) is 6.74. The number of benzene rings is 2. The summed E-state index contributed by atoms with van der Waals surface area (Å²) in [5.41, 5.74) is 2.78. The van der Waals surface area contributed by atoms with Gasteiger partial charge in [0.1, 0.15) is 5.52 Å². The zero-order chi connectivity index (χ0) is 13.5. The van der Waals surface area contributed by atoms with Crippen LogP contribution in [0.3, 0.4) is 0 Å². The van der Waals surface area contributed by atoms with Crippen molar-refractivity contribution in [2.45, 2.75) is 12.3 Å². The molecule has 0 amide bonds. The van der Waals surface area contributed by atoms with E-state index < -0.39 is 0 Å². The quantitative estimate of drug-likeness (QED) is 0.714. The van der Waals surface area contributed by atoms with E-state index in [1.807, 2.05) is 42.5 Å². The summed E-state index contributed by atoms with van der Waals surface area (Å²) in [4.78, 5) is 12.5. The van der Waals surface area contributed by atoms with Gasteiger partial charge in [-0.05, 0) is 30.0 Å². The molecule has 2 unspecified atom stereocenters. The number of nitrogens with zero attached hydrogens (tertiary/aromatic N) is 3. The van der Waals surface area contributed by atoms with Gasteiger partial charge in [0.2, 0.25) is 0 Å². The van der Waals surface area contributed by atoms with Crippen LogP contribution < -0.4 is 0 Å². The lowest BCUT2D eigenvalue weighted by Crippen LogP contribution is -2.15. The van der Waals surface area contributed by atoms with Gasteiger partial charge in [0, 0.05) is 5.92 Å².